The molecule has 2 aromatic rings. The number of carbonyl (C=O) groups is 1. The normalized spacial score (nSPS) is 9.24. The number of hydrogen-bond donors (Lipinski definition) is 0. The maximum atomic E-state index is 11.7. The zero-order chi connectivity index (χ0) is 11.4. The van der Waals surface area contributed by atoms with Gasteiger partial charge >= 0.3 is 5.97 Å². The van der Waals surface area contributed by atoms with Crippen LogP contribution >= 0.6 is 28.3 Å². The van der Waals surface area contributed by atoms with Gasteiger partial charge in [-0.3, -0.25) is 0 Å². The molecular weight excluding hydrogens is 305 g/mol. The van der Waals surface area contributed by atoms with Crippen LogP contribution in [-0.2, 0) is 0 Å². The Labute approximate surface area is 113 Å². The quantitative estimate of drug-likeness (QED) is 0.797. The molecule has 3 nitrogen and oxygen atoms in total. The molecule has 0 fully saturated rings. The fourth-order valence-electron chi connectivity index (χ4n) is 1.18. The fourth-order valence-corrected chi connectivity index (χ4v) is 1.63. The molecule has 1 aromatic carbocycles. The lowest BCUT2D eigenvalue weighted by Gasteiger charge is -2.04. The zero-order valence-corrected chi connectivity index (χ0v) is 11.1. The molecule has 0 aliphatic carbocycles. The van der Waals surface area contributed by atoms with Crippen LogP contribution in [0.2, 0.25) is 0 Å². The molecule has 17 heavy (non-hydrogen) atoms. The third-order valence-electron chi connectivity index (χ3n) is 1.93. The lowest BCUT2D eigenvalue weighted by molar-refractivity contribution is 0.0726. The average Bonchev–Trinajstić information content (AvgIpc) is 2.31. The van der Waals surface area contributed by atoms with Crippen LogP contribution in [0.15, 0.2) is 53.1 Å². The van der Waals surface area contributed by atoms with Gasteiger partial charge in [-0.05, 0) is 34.1 Å². The highest BCUT2D eigenvalue weighted by Gasteiger charge is 2.11. The Hall–Kier alpha value is -1.39. The summed E-state index contributed by atoms with van der Waals surface area (Å²) < 4.78 is 5.81. The van der Waals surface area contributed by atoms with E-state index in [1.165, 1.54) is 0 Å². The maximum absolute atomic E-state index is 11.7. The number of benzene rings is 1. The number of pyridine rings is 1. The Bertz CT molecular complexity index is 505. The van der Waals surface area contributed by atoms with Gasteiger partial charge in [0.05, 0.1) is 5.56 Å². The second kappa shape index (κ2) is 6.37. The van der Waals surface area contributed by atoms with Crippen LogP contribution in [0.1, 0.15) is 10.4 Å². The van der Waals surface area contributed by atoms with Crippen LogP contribution < -0.4 is 4.74 Å². The standard InChI is InChI=1S/C12H8BrNO2.ClH/c13-10-6-2-1-5-9(10)12(15)16-11-7-3-4-8-14-11;/h1-8H;1H. The molecule has 2 rings (SSSR count). The molecule has 0 bridgehead atoms. The number of nitrogens with zero attached hydrogens (tertiary/aromatic N) is 1. The Balaban J connectivity index is 0.00000144. The number of carbonyl (C=O) groups excluding carboxylic acids is 1. The Kier molecular flexibility index (Phi) is 5.12. The van der Waals surface area contributed by atoms with Gasteiger partial charge in [-0.1, -0.05) is 18.2 Å². The molecule has 0 spiro atoms. The van der Waals surface area contributed by atoms with Crippen molar-refractivity contribution in [2.45, 2.75) is 0 Å². The third-order valence-corrected chi connectivity index (χ3v) is 2.62. The predicted molar refractivity (Wildman–Crippen MR) is 70.6 cm³/mol. The van der Waals surface area contributed by atoms with E-state index in [2.05, 4.69) is 20.9 Å². The zero-order valence-electron chi connectivity index (χ0n) is 8.67. The summed E-state index contributed by atoms with van der Waals surface area (Å²) in [4.78, 5) is 15.7. The minimum absolute atomic E-state index is 0. The number of hydrogen-bond acceptors (Lipinski definition) is 3. The van der Waals surface area contributed by atoms with Crippen molar-refractivity contribution < 1.29 is 9.53 Å². The first-order chi connectivity index (χ1) is 7.77. The molecule has 0 saturated carbocycles. The molecule has 1 heterocycles. The molecule has 5 heteroatoms. The third kappa shape index (κ3) is 3.54. The lowest BCUT2D eigenvalue weighted by Crippen LogP contribution is -2.09. The van der Waals surface area contributed by atoms with Crippen molar-refractivity contribution in [2.24, 2.45) is 0 Å². The maximum Gasteiger partial charge on any atom is 0.346 e. The van der Waals surface area contributed by atoms with Crippen molar-refractivity contribution in [3.8, 4) is 5.88 Å². The van der Waals surface area contributed by atoms with Crippen LogP contribution in [0.5, 0.6) is 5.88 Å². The number of ether oxygens (including phenoxy) is 1. The van der Waals surface area contributed by atoms with Gasteiger partial charge in [-0.15, -0.1) is 12.4 Å². The van der Waals surface area contributed by atoms with Crippen LogP contribution in [0.4, 0.5) is 0 Å². The first-order valence-corrected chi connectivity index (χ1v) is 5.44. The molecule has 0 N–H and O–H groups in total. The Morgan fingerprint density at radius 1 is 1.12 bits per heavy atom. The summed E-state index contributed by atoms with van der Waals surface area (Å²) in [5.41, 5.74) is 0.480. The number of halogens is 2. The number of aromatic nitrogens is 1. The first kappa shape index (κ1) is 13.7. The van der Waals surface area contributed by atoms with Gasteiger partial charge in [0, 0.05) is 16.7 Å². The molecule has 0 aliphatic heterocycles. The van der Waals surface area contributed by atoms with Crippen molar-refractivity contribution in [3.05, 3.63) is 58.7 Å². The van der Waals surface area contributed by atoms with Gasteiger partial charge in [0.1, 0.15) is 0 Å². The van der Waals surface area contributed by atoms with Gasteiger partial charge in [-0.2, -0.15) is 0 Å². The molecule has 0 aliphatic rings. The number of rotatable bonds is 2. The van der Waals surface area contributed by atoms with E-state index in [-0.39, 0.29) is 12.4 Å². The van der Waals surface area contributed by atoms with E-state index >= 15 is 0 Å². The topological polar surface area (TPSA) is 39.2 Å². The Morgan fingerprint density at radius 2 is 1.82 bits per heavy atom. The summed E-state index contributed by atoms with van der Waals surface area (Å²) in [7, 11) is 0. The molecule has 1 aromatic heterocycles. The van der Waals surface area contributed by atoms with E-state index in [4.69, 9.17) is 4.74 Å². The summed E-state index contributed by atoms with van der Waals surface area (Å²) in [6.45, 7) is 0. The summed E-state index contributed by atoms with van der Waals surface area (Å²) in [6, 6.07) is 12.2. The SMILES string of the molecule is Cl.O=C(Oc1ccccn1)c1ccccc1Br. The summed E-state index contributed by atoms with van der Waals surface area (Å²) in [5, 5.41) is 0. The average molecular weight is 315 g/mol. The minimum atomic E-state index is -0.425. The van der Waals surface area contributed by atoms with Crippen molar-refractivity contribution in [1.29, 1.82) is 0 Å². The highest BCUT2D eigenvalue weighted by molar-refractivity contribution is 9.10. The lowest BCUT2D eigenvalue weighted by atomic mass is 10.2. The van der Waals surface area contributed by atoms with E-state index in [1.807, 2.05) is 6.07 Å². The molecule has 0 radical (unpaired) electrons. The highest BCUT2D eigenvalue weighted by atomic mass is 79.9. The van der Waals surface area contributed by atoms with Crippen molar-refractivity contribution in [3.63, 3.8) is 0 Å². The van der Waals surface area contributed by atoms with Crippen molar-refractivity contribution in [1.82, 2.24) is 4.98 Å². The van der Waals surface area contributed by atoms with E-state index in [0.29, 0.717) is 15.9 Å². The molecule has 0 unspecified atom stereocenters. The summed E-state index contributed by atoms with van der Waals surface area (Å²) in [6.07, 6.45) is 1.57. The first-order valence-electron chi connectivity index (χ1n) is 4.65. The van der Waals surface area contributed by atoms with Gasteiger partial charge in [0.15, 0.2) is 0 Å². The molecule has 0 saturated heterocycles. The van der Waals surface area contributed by atoms with Gasteiger partial charge < -0.3 is 4.74 Å². The number of esters is 1. The van der Waals surface area contributed by atoms with Crippen LogP contribution in [-0.4, -0.2) is 11.0 Å². The second-order valence-corrected chi connectivity index (χ2v) is 3.89. The van der Waals surface area contributed by atoms with E-state index in [0.717, 1.165) is 0 Å². The van der Waals surface area contributed by atoms with E-state index in [9.17, 15) is 4.79 Å². The predicted octanol–water partition coefficient (Wildman–Crippen LogP) is 3.49. The molecular formula is C12H9BrClNO2. The van der Waals surface area contributed by atoms with E-state index in [1.54, 1.807) is 42.6 Å². The van der Waals surface area contributed by atoms with E-state index < -0.39 is 5.97 Å². The fraction of sp³-hybridized carbons (Fsp3) is 0. The van der Waals surface area contributed by atoms with Crippen LogP contribution in [0, 0.1) is 0 Å². The van der Waals surface area contributed by atoms with Gasteiger partial charge in [0.25, 0.3) is 0 Å². The second-order valence-electron chi connectivity index (χ2n) is 3.04. The monoisotopic (exact) mass is 313 g/mol. The molecule has 88 valence electrons. The Morgan fingerprint density at radius 3 is 2.47 bits per heavy atom. The highest BCUT2D eigenvalue weighted by Crippen LogP contribution is 2.17. The van der Waals surface area contributed by atoms with Crippen LogP contribution in [0.3, 0.4) is 0 Å². The largest absolute Gasteiger partial charge is 0.404 e. The van der Waals surface area contributed by atoms with Crippen molar-refractivity contribution in [2.75, 3.05) is 0 Å². The summed E-state index contributed by atoms with van der Waals surface area (Å²) in [5.74, 6) is -0.130. The molecule has 0 atom stereocenters. The van der Waals surface area contributed by atoms with Gasteiger partial charge in [-0.25, -0.2) is 9.78 Å². The molecule has 0 amide bonds. The van der Waals surface area contributed by atoms with Crippen LogP contribution in [0.25, 0.3) is 0 Å². The smallest absolute Gasteiger partial charge is 0.346 e. The summed E-state index contributed by atoms with van der Waals surface area (Å²) >= 11 is 3.29. The minimum Gasteiger partial charge on any atom is -0.404 e. The van der Waals surface area contributed by atoms with Gasteiger partial charge in [0.2, 0.25) is 5.88 Å². The van der Waals surface area contributed by atoms with Crippen molar-refractivity contribution >= 4 is 34.3 Å².